The Hall–Kier alpha value is -2.69. The van der Waals surface area contributed by atoms with E-state index in [4.69, 9.17) is 0 Å². The van der Waals surface area contributed by atoms with E-state index >= 15 is 0 Å². The van der Waals surface area contributed by atoms with Gasteiger partial charge in [0.25, 0.3) is 0 Å². The van der Waals surface area contributed by atoms with Crippen LogP contribution in [0.15, 0.2) is 54.9 Å². The van der Waals surface area contributed by atoms with E-state index in [1.807, 2.05) is 35.0 Å². The van der Waals surface area contributed by atoms with E-state index < -0.39 is 0 Å². The Morgan fingerprint density at radius 2 is 1.96 bits per heavy atom. The Balaban J connectivity index is 1.45. The van der Waals surface area contributed by atoms with Gasteiger partial charge in [-0.2, -0.15) is 0 Å². The van der Waals surface area contributed by atoms with Crippen molar-refractivity contribution in [2.24, 2.45) is 0 Å². The molecule has 0 aliphatic carbocycles. The molecule has 2 aromatic heterocycles. The van der Waals surface area contributed by atoms with Crippen LogP contribution in [0.4, 0.5) is 4.39 Å². The molecule has 0 saturated carbocycles. The number of amides is 1. The smallest absolute Gasteiger partial charge is 0.220 e. The average Bonchev–Trinajstić information content (AvgIpc) is 2.98. The standard InChI is InChI=1S/C18H18FN3O/c19-15-7-4-14(5-8-15)6-9-18(23)20-11-10-17-21-13-16-3-1-2-12-22(16)17/h1-5,7-8,12-13H,6,9-11H2,(H,20,23). The molecule has 0 spiro atoms. The lowest BCUT2D eigenvalue weighted by molar-refractivity contribution is -0.121. The highest BCUT2D eigenvalue weighted by atomic mass is 19.1. The van der Waals surface area contributed by atoms with Crippen LogP contribution >= 0.6 is 0 Å². The summed E-state index contributed by atoms with van der Waals surface area (Å²) in [6, 6.07) is 12.2. The Labute approximate surface area is 134 Å². The predicted molar refractivity (Wildman–Crippen MR) is 86.6 cm³/mol. The van der Waals surface area contributed by atoms with Gasteiger partial charge in [-0.15, -0.1) is 0 Å². The van der Waals surface area contributed by atoms with Crippen molar-refractivity contribution in [1.29, 1.82) is 0 Å². The zero-order chi connectivity index (χ0) is 16.1. The first-order valence-electron chi connectivity index (χ1n) is 7.64. The highest BCUT2D eigenvalue weighted by molar-refractivity contribution is 5.76. The number of aryl methyl sites for hydroxylation is 1. The number of fused-ring (bicyclic) bond motifs is 1. The number of hydrogen-bond donors (Lipinski definition) is 1. The second kappa shape index (κ2) is 7.05. The second-order valence-electron chi connectivity index (χ2n) is 5.40. The number of rotatable bonds is 6. The summed E-state index contributed by atoms with van der Waals surface area (Å²) in [5.41, 5.74) is 2.01. The molecule has 4 nitrogen and oxygen atoms in total. The number of benzene rings is 1. The van der Waals surface area contributed by atoms with Gasteiger partial charge in [0.1, 0.15) is 11.6 Å². The summed E-state index contributed by atoms with van der Waals surface area (Å²) in [5.74, 6) is 0.666. The molecule has 3 rings (SSSR count). The third kappa shape index (κ3) is 3.94. The molecule has 0 atom stereocenters. The zero-order valence-corrected chi connectivity index (χ0v) is 12.7. The summed E-state index contributed by atoms with van der Waals surface area (Å²) in [5, 5.41) is 2.90. The van der Waals surface area contributed by atoms with Crippen LogP contribution in [0.3, 0.4) is 0 Å². The van der Waals surface area contributed by atoms with Crippen LogP contribution in [-0.2, 0) is 17.6 Å². The van der Waals surface area contributed by atoms with Crippen molar-refractivity contribution in [1.82, 2.24) is 14.7 Å². The summed E-state index contributed by atoms with van der Waals surface area (Å²) >= 11 is 0. The van der Waals surface area contributed by atoms with Crippen molar-refractivity contribution in [2.75, 3.05) is 6.54 Å². The summed E-state index contributed by atoms with van der Waals surface area (Å²) in [7, 11) is 0. The Morgan fingerprint density at radius 3 is 2.78 bits per heavy atom. The van der Waals surface area contributed by atoms with E-state index in [-0.39, 0.29) is 11.7 Å². The fraction of sp³-hybridized carbons (Fsp3) is 0.222. The van der Waals surface area contributed by atoms with Crippen LogP contribution in [-0.4, -0.2) is 21.8 Å². The molecule has 5 heteroatoms. The van der Waals surface area contributed by atoms with Crippen LogP contribution in [0, 0.1) is 5.82 Å². The number of pyridine rings is 1. The quantitative estimate of drug-likeness (QED) is 0.761. The minimum absolute atomic E-state index is 0.00446. The van der Waals surface area contributed by atoms with Gasteiger partial charge in [-0.1, -0.05) is 18.2 Å². The molecule has 0 bridgehead atoms. The monoisotopic (exact) mass is 311 g/mol. The third-order valence-corrected chi connectivity index (χ3v) is 3.74. The molecular weight excluding hydrogens is 293 g/mol. The van der Waals surface area contributed by atoms with Gasteiger partial charge in [0.2, 0.25) is 5.91 Å². The molecule has 0 fully saturated rings. The fourth-order valence-corrected chi connectivity index (χ4v) is 2.50. The van der Waals surface area contributed by atoms with Crippen LogP contribution in [0.25, 0.3) is 5.52 Å². The molecule has 2 heterocycles. The molecule has 0 radical (unpaired) electrons. The molecule has 23 heavy (non-hydrogen) atoms. The molecule has 3 aromatic rings. The second-order valence-corrected chi connectivity index (χ2v) is 5.40. The number of halogens is 1. The van der Waals surface area contributed by atoms with E-state index in [9.17, 15) is 9.18 Å². The number of imidazole rings is 1. The largest absolute Gasteiger partial charge is 0.356 e. The molecule has 1 amide bonds. The zero-order valence-electron chi connectivity index (χ0n) is 12.7. The molecule has 0 unspecified atom stereocenters. The van der Waals surface area contributed by atoms with Crippen molar-refractivity contribution in [2.45, 2.75) is 19.3 Å². The summed E-state index contributed by atoms with van der Waals surface area (Å²) in [4.78, 5) is 16.2. The van der Waals surface area contributed by atoms with Gasteiger partial charge < -0.3 is 9.72 Å². The summed E-state index contributed by atoms with van der Waals surface area (Å²) < 4.78 is 14.8. The molecule has 1 N–H and O–H groups in total. The van der Waals surface area contributed by atoms with Gasteiger partial charge in [0.05, 0.1) is 11.7 Å². The van der Waals surface area contributed by atoms with Crippen LogP contribution in [0.2, 0.25) is 0 Å². The van der Waals surface area contributed by atoms with Crippen molar-refractivity contribution in [3.05, 3.63) is 72.1 Å². The van der Waals surface area contributed by atoms with Gasteiger partial charge >= 0.3 is 0 Å². The van der Waals surface area contributed by atoms with Gasteiger partial charge in [-0.25, -0.2) is 9.37 Å². The van der Waals surface area contributed by atoms with Crippen molar-refractivity contribution in [3.63, 3.8) is 0 Å². The van der Waals surface area contributed by atoms with Gasteiger partial charge in [0, 0.05) is 25.6 Å². The topological polar surface area (TPSA) is 46.4 Å². The van der Waals surface area contributed by atoms with Gasteiger partial charge in [-0.05, 0) is 36.2 Å². The first kappa shape index (κ1) is 15.2. The first-order valence-corrected chi connectivity index (χ1v) is 7.64. The normalized spacial score (nSPS) is 10.8. The average molecular weight is 311 g/mol. The minimum atomic E-state index is -0.259. The molecule has 118 valence electrons. The summed E-state index contributed by atoms with van der Waals surface area (Å²) in [6.07, 6.45) is 5.48. The SMILES string of the molecule is O=C(CCc1ccc(F)cc1)NCCc1ncc2ccccn12. The maximum atomic E-state index is 12.8. The molecule has 0 aliphatic heterocycles. The lowest BCUT2D eigenvalue weighted by atomic mass is 10.1. The van der Waals surface area contributed by atoms with Crippen LogP contribution in [0.5, 0.6) is 0 Å². The van der Waals surface area contributed by atoms with Gasteiger partial charge in [0.15, 0.2) is 0 Å². The molecular formula is C18H18FN3O. The van der Waals surface area contributed by atoms with Crippen LogP contribution < -0.4 is 5.32 Å². The Bertz CT molecular complexity index is 795. The maximum Gasteiger partial charge on any atom is 0.220 e. The predicted octanol–water partition coefficient (Wildman–Crippen LogP) is 2.76. The van der Waals surface area contributed by atoms with Crippen molar-refractivity contribution < 1.29 is 9.18 Å². The van der Waals surface area contributed by atoms with Crippen LogP contribution in [0.1, 0.15) is 17.8 Å². The number of carbonyl (C=O) groups is 1. The Kier molecular flexibility index (Phi) is 4.66. The van der Waals surface area contributed by atoms with Crippen molar-refractivity contribution >= 4 is 11.4 Å². The number of carbonyl (C=O) groups excluding carboxylic acids is 1. The Morgan fingerprint density at radius 1 is 1.13 bits per heavy atom. The highest BCUT2D eigenvalue weighted by Crippen LogP contribution is 2.07. The highest BCUT2D eigenvalue weighted by Gasteiger charge is 2.05. The van der Waals surface area contributed by atoms with Crippen molar-refractivity contribution in [3.8, 4) is 0 Å². The maximum absolute atomic E-state index is 12.8. The minimum Gasteiger partial charge on any atom is -0.356 e. The molecule has 1 aromatic carbocycles. The first-order chi connectivity index (χ1) is 11.2. The van der Waals surface area contributed by atoms with E-state index in [1.54, 1.807) is 12.1 Å². The number of nitrogens with one attached hydrogen (secondary N) is 1. The lowest BCUT2D eigenvalue weighted by Gasteiger charge is -2.05. The van der Waals surface area contributed by atoms with E-state index in [1.165, 1.54) is 12.1 Å². The fourth-order valence-electron chi connectivity index (χ4n) is 2.50. The molecule has 0 saturated heterocycles. The van der Waals surface area contributed by atoms with E-state index in [0.717, 1.165) is 16.9 Å². The third-order valence-electron chi connectivity index (χ3n) is 3.74. The lowest BCUT2D eigenvalue weighted by Crippen LogP contribution is -2.26. The van der Waals surface area contributed by atoms with E-state index in [2.05, 4.69) is 10.3 Å². The van der Waals surface area contributed by atoms with Gasteiger partial charge in [-0.3, -0.25) is 4.79 Å². The number of nitrogens with zero attached hydrogens (tertiary/aromatic N) is 2. The van der Waals surface area contributed by atoms with E-state index in [0.29, 0.717) is 25.8 Å². The summed E-state index contributed by atoms with van der Waals surface area (Å²) in [6.45, 7) is 0.552. The molecule has 0 aliphatic rings. The number of hydrogen-bond acceptors (Lipinski definition) is 2. The number of aromatic nitrogens is 2.